The minimum Gasteiger partial charge on any atom is -0.465 e. The Kier molecular flexibility index (Phi) is 4.45. The second kappa shape index (κ2) is 6.09. The van der Waals surface area contributed by atoms with Crippen LogP contribution in [-0.4, -0.2) is 39.6 Å². The summed E-state index contributed by atoms with van der Waals surface area (Å²) in [6.07, 6.45) is 0. The van der Waals surface area contributed by atoms with Crippen molar-refractivity contribution in [2.45, 2.75) is 0 Å². The molecule has 2 rings (SSSR count). The van der Waals surface area contributed by atoms with E-state index >= 15 is 0 Å². The molecule has 1 amide bonds. The number of aromatic amines is 1. The van der Waals surface area contributed by atoms with Crippen LogP contribution < -0.4 is 5.32 Å². The predicted octanol–water partition coefficient (Wildman–Crippen LogP) is 1.76. The smallest absolute Gasteiger partial charge is 0.340 e. The molecule has 10 heteroatoms. The van der Waals surface area contributed by atoms with Crippen molar-refractivity contribution in [3.8, 4) is 0 Å². The fourth-order valence-electron chi connectivity index (χ4n) is 1.40. The standard InChI is InChI=1S/C10H7Br2N5O3/c1-20-10(19)5-2-4(11)3-6(12)7(5)13-9(18)8-14-16-17-15-8/h2-3H,1H3,(H,13,18)(H,14,15,16,17). The Morgan fingerprint density at radius 2 is 2.10 bits per heavy atom. The second-order valence-corrected chi connectivity index (χ2v) is 5.26. The normalized spacial score (nSPS) is 10.2. The molecule has 0 spiro atoms. The molecule has 1 aromatic carbocycles. The maximum absolute atomic E-state index is 11.9. The number of anilines is 1. The SMILES string of the molecule is COC(=O)c1cc(Br)cc(Br)c1NC(=O)c1nn[nH]n1. The van der Waals surface area contributed by atoms with Crippen LogP contribution in [0.4, 0.5) is 5.69 Å². The first-order chi connectivity index (χ1) is 9.52. The van der Waals surface area contributed by atoms with Gasteiger partial charge in [-0.3, -0.25) is 4.79 Å². The zero-order chi connectivity index (χ0) is 14.7. The number of methoxy groups -OCH3 is 1. The number of rotatable bonds is 3. The lowest BCUT2D eigenvalue weighted by molar-refractivity contribution is 0.0602. The van der Waals surface area contributed by atoms with E-state index in [0.717, 1.165) is 0 Å². The molecule has 0 aliphatic rings. The Bertz CT molecular complexity index is 659. The van der Waals surface area contributed by atoms with Gasteiger partial charge in [0.05, 0.1) is 18.4 Å². The summed E-state index contributed by atoms with van der Waals surface area (Å²) < 4.78 is 5.84. The molecule has 1 heterocycles. The fraction of sp³-hybridized carbons (Fsp3) is 0.100. The number of nitrogens with zero attached hydrogens (tertiary/aromatic N) is 3. The molecule has 1 aromatic heterocycles. The Morgan fingerprint density at radius 3 is 2.70 bits per heavy atom. The lowest BCUT2D eigenvalue weighted by Crippen LogP contribution is -2.17. The van der Waals surface area contributed by atoms with Gasteiger partial charge in [-0.05, 0) is 33.3 Å². The van der Waals surface area contributed by atoms with Crippen molar-refractivity contribution in [2.24, 2.45) is 0 Å². The molecule has 0 saturated heterocycles. The van der Waals surface area contributed by atoms with Gasteiger partial charge in [-0.25, -0.2) is 4.79 Å². The third-order valence-corrected chi connectivity index (χ3v) is 3.33. The molecule has 0 aliphatic heterocycles. The highest BCUT2D eigenvalue weighted by molar-refractivity contribution is 9.11. The Labute approximate surface area is 129 Å². The van der Waals surface area contributed by atoms with Gasteiger partial charge in [-0.15, -0.1) is 10.2 Å². The molecule has 0 aliphatic carbocycles. The number of benzene rings is 1. The number of H-pyrrole nitrogens is 1. The molecule has 0 atom stereocenters. The van der Waals surface area contributed by atoms with Crippen molar-refractivity contribution >= 4 is 49.4 Å². The van der Waals surface area contributed by atoms with Crippen LogP contribution >= 0.6 is 31.9 Å². The lowest BCUT2D eigenvalue weighted by Gasteiger charge is -2.11. The summed E-state index contributed by atoms with van der Waals surface area (Å²) in [6, 6.07) is 3.21. The third kappa shape index (κ3) is 3.02. The van der Waals surface area contributed by atoms with Crippen molar-refractivity contribution in [2.75, 3.05) is 12.4 Å². The van der Waals surface area contributed by atoms with Gasteiger partial charge in [-0.1, -0.05) is 15.9 Å². The summed E-state index contributed by atoms with van der Waals surface area (Å²) in [6.45, 7) is 0. The number of amides is 1. The number of carbonyl (C=O) groups is 2. The summed E-state index contributed by atoms with van der Waals surface area (Å²) in [5, 5.41) is 15.1. The van der Waals surface area contributed by atoms with E-state index < -0.39 is 11.9 Å². The molecule has 0 unspecified atom stereocenters. The molecular weight excluding hydrogens is 398 g/mol. The highest BCUT2D eigenvalue weighted by Crippen LogP contribution is 2.31. The van der Waals surface area contributed by atoms with Gasteiger partial charge in [0.15, 0.2) is 0 Å². The zero-order valence-electron chi connectivity index (χ0n) is 9.98. The van der Waals surface area contributed by atoms with Crippen molar-refractivity contribution in [3.05, 3.63) is 32.5 Å². The molecule has 8 nitrogen and oxygen atoms in total. The molecule has 104 valence electrons. The largest absolute Gasteiger partial charge is 0.465 e. The summed E-state index contributed by atoms with van der Waals surface area (Å²) in [5.74, 6) is -1.34. The topological polar surface area (TPSA) is 110 Å². The maximum atomic E-state index is 11.9. The number of tetrazole rings is 1. The molecule has 2 N–H and O–H groups in total. The van der Waals surface area contributed by atoms with Gasteiger partial charge < -0.3 is 10.1 Å². The first-order valence-corrected chi connectivity index (χ1v) is 6.73. The van der Waals surface area contributed by atoms with Crippen LogP contribution in [0.25, 0.3) is 0 Å². The number of carbonyl (C=O) groups excluding carboxylic acids is 2. The summed E-state index contributed by atoms with van der Waals surface area (Å²) in [7, 11) is 1.25. The third-order valence-electron chi connectivity index (χ3n) is 2.25. The van der Waals surface area contributed by atoms with Crippen LogP contribution in [0.1, 0.15) is 21.0 Å². The Hall–Kier alpha value is -1.81. The number of hydrogen-bond acceptors (Lipinski definition) is 6. The van der Waals surface area contributed by atoms with Gasteiger partial charge in [0, 0.05) is 8.95 Å². The molecule has 0 radical (unpaired) electrons. The van der Waals surface area contributed by atoms with Crippen LogP contribution in [0.2, 0.25) is 0 Å². The Balaban J connectivity index is 2.40. The van der Waals surface area contributed by atoms with E-state index in [1.807, 2.05) is 0 Å². The summed E-state index contributed by atoms with van der Waals surface area (Å²) in [5.41, 5.74) is 0.445. The molecule has 20 heavy (non-hydrogen) atoms. The number of hydrogen-bond donors (Lipinski definition) is 2. The van der Waals surface area contributed by atoms with E-state index in [4.69, 9.17) is 0 Å². The number of nitrogens with one attached hydrogen (secondary N) is 2. The number of esters is 1. The second-order valence-electron chi connectivity index (χ2n) is 3.49. The van der Waals surface area contributed by atoms with Crippen molar-refractivity contribution in [1.29, 1.82) is 0 Å². The zero-order valence-corrected chi connectivity index (χ0v) is 13.1. The van der Waals surface area contributed by atoms with Crippen molar-refractivity contribution in [1.82, 2.24) is 20.6 Å². The van der Waals surface area contributed by atoms with Crippen LogP contribution in [0.3, 0.4) is 0 Å². The van der Waals surface area contributed by atoms with E-state index in [0.29, 0.717) is 8.95 Å². The Morgan fingerprint density at radius 1 is 1.35 bits per heavy atom. The molecule has 0 saturated carbocycles. The van der Waals surface area contributed by atoms with E-state index in [1.165, 1.54) is 13.2 Å². The van der Waals surface area contributed by atoms with Crippen LogP contribution in [0.15, 0.2) is 21.1 Å². The lowest BCUT2D eigenvalue weighted by atomic mass is 10.2. The van der Waals surface area contributed by atoms with Crippen LogP contribution in [0, 0.1) is 0 Å². The molecule has 2 aromatic rings. The number of aromatic nitrogens is 4. The monoisotopic (exact) mass is 403 g/mol. The minimum absolute atomic E-state index is 0.143. The maximum Gasteiger partial charge on any atom is 0.340 e. The van der Waals surface area contributed by atoms with E-state index in [1.54, 1.807) is 6.07 Å². The van der Waals surface area contributed by atoms with Crippen LogP contribution in [-0.2, 0) is 4.74 Å². The van der Waals surface area contributed by atoms with Gasteiger partial charge in [-0.2, -0.15) is 5.21 Å². The summed E-state index contributed by atoms with van der Waals surface area (Å²) >= 11 is 6.53. The average molecular weight is 405 g/mol. The van der Waals surface area contributed by atoms with Gasteiger partial charge in [0.1, 0.15) is 0 Å². The van der Waals surface area contributed by atoms with Gasteiger partial charge in [0.2, 0.25) is 0 Å². The highest BCUT2D eigenvalue weighted by atomic mass is 79.9. The van der Waals surface area contributed by atoms with Crippen LogP contribution in [0.5, 0.6) is 0 Å². The fourth-order valence-corrected chi connectivity index (χ4v) is 2.72. The molecule has 0 fully saturated rings. The quantitative estimate of drug-likeness (QED) is 0.754. The number of halogens is 2. The predicted molar refractivity (Wildman–Crippen MR) is 75.3 cm³/mol. The molecular formula is C10H7Br2N5O3. The van der Waals surface area contributed by atoms with Crippen molar-refractivity contribution < 1.29 is 14.3 Å². The van der Waals surface area contributed by atoms with E-state index in [2.05, 4.69) is 62.5 Å². The van der Waals surface area contributed by atoms with Gasteiger partial charge >= 0.3 is 5.97 Å². The first kappa shape index (κ1) is 14.6. The molecule has 0 bridgehead atoms. The minimum atomic E-state index is -0.605. The van der Waals surface area contributed by atoms with E-state index in [-0.39, 0.29) is 17.1 Å². The number of ether oxygens (including phenoxy) is 1. The van der Waals surface area contributed by atoms with Gasteiger partial charge in [0.25, 0.3) is 11.7 Å². The highest BCUT2D eigenvalue weighted by Gasteiger charge is 2.20. The van der Waals surface area contributed by atoms with E-state index in [9.17, 15) is 9.59 Å². The first-order valence-electron chi connectivity index (χ1n) is 5.15. The average Bonchev–Trinajstić information content (AvgIpc) is 2.94. The summed E-state index contributed by atoms with van der Waals surface area (Å²) in [4.78, 5) is 23.6. The van der Waals surface area contributed by atoms with Crippen molar-refractivity contribution in [3.63, 3.8) is 0 Å².